The van der Waals surface area contributed by atoms with Gasteiger partial charge in [0.2, 0.25) is 0 Å². The number of hydrogen-bond acceptors (Lipinski definition) is 3. The number of rotatable bonds is 7. The predicted molar refractivity (Wildman–Crippen MR) is 147 cm³/mol. The molecular weight excluding hydrogens is 448 g/mol. The van der Waals surface area contributed by atoms with Crippen LogP contribution in [0.4, 0.5) is 11.4 Å². The monoisotopic (exact) mass is 480 g/mol. The summed E-state index contributed by atoms with van der Waals surface area (Å²) < 4.78 is 5.82. The first-order valence-corrected chi connectivity index (χ1v) is 12.2. The maximum absolute atomic E-state index is 13.3. The second kappa shape index (κ2) is 10.6. The number of anilines is 2. The van der Waals surface area contributed by atoms with Crippen LogP contribution in [-0.4, -0.2) is 25.0 Å². The average Bonchev–Trinajstić information content (AvgIpc) is 2.88. The van der Waals surface area contributed by atoms with Gasteiger partial charge in [0.1, 0.15) is 5.75 Å². The van der Waals surface area contributed by atoms with Crippen LogP contribution in [0.25, 0.3) is 10.8 Å². The molecule has 0 radical (unpaired) electrons. The molecule has 0 spiro atoms. The van der Waals surface area contributed by atoms with Crippen LogP contribution in [0.3, 0.4) is 0 Å². The Morgan fingerprint density at radius 2 is 1.50 bits per heavy atom. The fourth-order valence-electron chi connectivity index (χ4n) is 4.27. The lowest BCUT2D eigenvalue weighted by atomic mass is 9.86. The zero-order valence-corrected chi connectivity index (χ0v) is 21.2. The molecule has 0 saturated carbocycles. The molecule has 0 saturated heterocycles. The van der Waals surface area contributed by atoms with E-state index in [-0.39, 0.29) is 23.8 Å². The van der Waals surface area contributed by atoms with Crippen molar-refractivity contribution >= 4 is 34.0 Å². The molecule has 0 aliphatic rings. The minimum absolute atomic E-state index is 0.0890. The largest absolute Gasteiger partial charge is 0.483 e. The van der Waals surface area contributed by atoms with E-state index in [2.05, 4.69) is 26.1 Å². The highest BCUT2D eigenvalue weighted by atomic mass is 16.5. The van der Waals surface area contributed by atoms with Crippen LogP contribution in [-0.2, 0) is 10.2 Å². The summed E-state index contributed by atoms with van der Waals surface area (Å²) in [5.41, 5.74) is 3.00. The Kier molecular flexibility index (Phi) is 7.39. The van der Waals surface area contributed by atoms with Gasteiger partial charge in [-0.25, -0.2) is 0 Å². The maximum Gasteiger partial charge on any atom is 0.262 e. The summed E-state index contributed by atoms with van der Waals surface area (Å²) >= 11 is 0. The number of para-hydroxylation sites is 1. The molecule has 4 aromatic rings. The molecule has 0 aromatic heterocycles. The topological polar surface area (TPSA) is 58.6 Å². The van der Waals surface area contributed by atoms with E-state index in [1.807, 2.05) is 73.7 Å². The van der Waals surface area contributed by atoms with Gasteiger partial charge in [0.15, 0.2) is 6.61 Å². The van der Waals surface area contributed by atoms with Crippen molar-refractivity contribution in [1.29, 1.82) is 0 Å². The number of hydrogen-bond donors (Lipinski definition) is 1. The van der Waals surface area contributed by atoms with Crippen molar-refractivity contribution in [3.63, 3.8) is 0 Å². The summed E-state index contributed by atoms with van der Waals surface area (Å²) in [5, 5.41) is 4.97. The Labute approximate surface area is 212 Å². The molecule has 0 unspecified atom stereocenters. The van der Waals surface area contributed by atoms with Crippen LogP contribution in [0.15, 0.2) is 91.0 Å². The fraction of sp³-hybridized carbons (Fsp3) is 0.226. The normalized spacial score (nSPS) is 11.2. The van der Waals surface area contributed by atoms with E-state index in [0.717, 1.165) is 22.0 Å². The van der Waals surface area contributed by atoms with Crippen molar-refractivity contribution < 1.29 is 14.3 Å². The van der Waals surface area contributed by atoms with Gasteiger partial charge in [0.05, 0.1) is 5.69 Å². The number of ether oxygens (including phenoxy) is 1. The number of amides is 2. The van der Waals surface area contributed by atoms with E-state index in [9.17, 15) is 9.59 Å². The standard InChI is InChI=1S/C31H32N2O3/c1-5-33(27-15-10-12-22-11-6-7-13-25(22)27)30(35)23-17-19-24(20-18-23)32-29(34)21-36-28-16-9-8-14-26(28)31(2,3)4/h6-20H,5,21H2,1-4H3,(H,32,34). The first-order valence-electron chi connectivity index (χ1n) is 12.2. The lowest BCUT2D eigenvalue weighted by Gasteiger charge is -2.23. The average molecular weight is 481 g/mol. The third kappa shape index (κ3) is 5.57. The molecule has 2 amide bonds. The van der Waals surface area contributed by atoms with Gasteiger partial charge in [-0.05, 0) is 59.7 Å². The Morgan fingerprint density at radius 3 is 2.22 bits per heavy atom. The van der Waals surface area contributed by atoms with Crippen LogP contribution >= 0.6 is 0 Å². The number of nitrogens with one attached hydrogen (secondary N) is 1. The van der Waals surface area contributed by atoms with E-state index < -0.39 is 0 Å². The van der Waals surface area contributed by atoms with Crippen LogP contribution < -0.4 is 15.0 Å². The summed E-state index contributed by atoms with van der Waals surface area (Å²) in [6.07, 6.45) is 0. The van der Waals surface area contributed by atoms with Gasteiger partial charge in [-0.15, -0.1) is 0 Å². The minimum Gasteiger partial charge on any atom is -0.483 e. The van der Waals surface area contributed by atoms with Gasteiger partial charge in [-0.1, -0.05) is 75.4 Å². The molecular formula is C31H32N2O3. The third-order valence-electron chi connectivity index (χ3n) is 6.09. The summed E-state index contributed by atoms with van der Waals surface area (Å²) in [4.78, 5) is 27.6. The molecule has 36 heavy (non-hydrogen) atoms. The number of fused-ring (bicyclic) bond motifs is 1. The Balaban J connectivity index is 1.43. The summed E-state index contributed by atoms with van der Waals surface area (Å²) in [7, 11) is 0. The molecule has 184 valence electrons. The highest BCUT2D eigenvalue weighted by molar-refractivity contribution is 6.11. The first kappa shape index (κ1) is 25.0. The maximum atomic E-state index is 13.3. The minimum atomic E-state index is -0.260. The Morgan fingerprint density at radius 1 is 0.833 bits per heavy atom. The van der Waals surface area contributed by atoms with E-state index in [1.54, 1.807) is 29.2 Å². The molecule has 0 atom stereocenters. The Bertz CT molecular complexity index is 1370. The molecule has 0 heterocycles. The molecule has 0 aliphatic heterocycles. The van der Waals surface area contributed by atoms with Crippen molar-refractivity contribution in [3.05, 3.63) is 102 Å². The predicted octanol–water partition coefficient (Wildman–Crippen LogP) is 6.82. The van der Waals surface area contributed by atoms with E-state index >= 15 is 0 Å². The molecule has 5 heteroatoms. The van der Waals surface area contributed by atoms with Gasteiger partial charge in [0, 0.05) is 23.2 Å². The first-order chi connectivity index (χ1) is 17.3. The van der Waals surface area contributed by atoms with Gasteiger partial charge in [-0.2, -0.15) is 0 Å². The number of nitrogens with zero attached hydrogens (tertiary/aromatic N) is 1. The van der Waals surface area contributed by atoms with Crippen molar-refractivity contribution in [2.75, 3.05) is 23.4 Å². The quantitative estimate of drug-likeness (QED) is 0.316. The van der Waals surface area contributed by atoms with Gasteiger partial charge >= 0.3 is 0 Å². The van der Waals surface area contributed by atoms with Crippen molar-refractivity contribution in [1.82, 2.24) is 0 Å². The highest BCUT2D eigenvalue weighted by Gasteiger charge is 2.20. The van der Waals surface area contributed by atoms with E-state index in [1.165, 1.54) is 0 Å². The lowest BCUT2D eigenvalue weighted by Crippen LogP contribution is -2.30. The number of benzene rings is 4. The zero-order chi connectivity index (χ0) is 25.7. The third-order valence-corrected chi connectivity index (χ3v) is 6.09. The summed E-state index contributed by atoms with van der Waals surface area (Å²) in [6, 6.07) is 28.7. The van der Waals surface area contributed by atoms with Crippen molar-refractivity contribution in [2.24, 2.45) is 0 Å². The SMILES string of the molecule is CCN(C(=O)c1ccc(NC(=O)COc2ccccc2C(C)(C)C)cc1)c1cccc2ccccc12. The molecule has 0 bridgehead atoms. The fourth-order valence-corrected chi connectivity index (χ4v) is 4.27. The van der Waals surface area contributed by atoms with Gasteiger partial charge in [-0.3, -0.25) is 9.59 Å². The number of carbonyl (C=O) groups excluding carboxylic acids is 2. The molecule has 4 rings (SSSR count). The van der Waals surface area contributed by atoms with Gasteiger partial charge < -0.3 is 15.0 Å². The second-order valence-corrected chi connectivity index (χ2v) is 9.71. The Hall–Kier alpha value is -4.12. The van der Waals surface area contributed by atoms with Crippen LogP contribution in [0, 0.1) is 0 Å². The van der Waals surface area contributed by atoms with E-state index in [4.69, 9.17) is 4.74 Å². The van der Waals surface area contributed by atoms with Crippen LogP contribution in [0.2, 0.25) is 0 Å². The molecule has 5 nitrogen and oxygen atoms in total. The zero-order valence-electron chi connectivity index (χ0n) is 21.2. The van der Waals surface area contributed by atoms with Crippen molar-refractivity contribution in [2.45, 2.75) is 33.1 Å². The van der Waals surface area contributed by atoms with Crippen LogP contribution in [0.1, 0.15) is 43.6 Å². The molecule has 0 aliphatic carbocycles. The highest BCUT2D eigenvalue weighted by Crippen LogP contribution is 2.31. The molecule has 0 fully saturated rings. The number of carbonyl (C=O) groups is 2. The molecule has 4 aromatic carbocycles. The van der Waals surface area contributed by atoms with Gasteiger partial charge in [0.25, 0.3) is 11.8 Å². The smallest absolute Gasteiger partial charge is 0.262 e. The lowest BCUT2D eigenvalue weighted by molar-refractivity contribution is -0.118. The summed E-state index contributed by atoms with van der Waals surface area (Å²) in [5.74, 6) is 0.353. The summed E-state index contributed by atoms with van der Waals surface area (Å²) in [6.45, 7) is 8.73. The van der Waals surface area contributed by atoms with E-state index in [0.29, 0.717) is 23.5 Å². The second-order valence-electron chi connectivity index (χ2n) is 9.71. The molecule has 1 N–H and O–H groups in total. The van der Waals surface area contributed by atoms with Crippen molar-refractivity contribution in [3.8, 4) is 5.75 Å². The van der Waals surface area contributed by atoms with Crippen LogP contribution in [0.5, 0.6) is 5.75 Å².